The number of aryl methyl sites for hydroxylation is 1. The van der Waals surface area contributed by atoms with Gasteiger partial charge in [-0.15, -0.1) is 0 Å². The Hall–Kier alpha value is -2.70. The summed E-state index contributed by atoms with van der Waals surface area (Å²) in [7, 11) is 0. The minimum atomic E-state index is -0.347. The predicted octanol–water partition coefficient (Wildman–Crippen LogP) is 2.43. The molecule has 0 bridgehead atoms. The molecular weight excluding hydrogens is 323 g/mol. The number of nitrogens with one attached hydrogen (secondary N) is 1. The van der Waals surface area contributed by atoms with Crippen molar-refractivity contribution in [3.63, 3.8) is 0 Å². The lowest BCUT2D eigenvalue weighted by atomic mass is 10.1. The van der Waals surface area contributed by atoms with Crippen molar-refractivity contribution in [3.05, 3.63) is 52.2 Å². The zero-order valence-corrected chi connectivity index (χ0v) is 14.8. The van der Waals surface area contributed by atoms with Crippen LogP contribution in [0.4, 0.5) is 15.8 Å². The fourth-order valence-corrected chi connectivity index (χ4v) is 2.62. The second-order valence-corrected chi connectivity index (χ2v) is 5.55. The maximum Gasteiger partial charge on any atom is 0.292 e. The third kappa shape index (κ3) is 4.43. The molecule has 0 aliphatic rings. The molecular formula is C18H23FN4O2. The maximum atomic E-state index is 13.0. The molecule has 0 unspecified atom stereocenters. The molecule has 25 heavy (non-hydrogen) atoms. The molecule has 0 saturated heterocycles. The van der Waals surface area contributed by atoms with Crippen LogP contribution in [0.1, 0.15) is 26.3 Å². The van der Waals surface area contributed by atoms with Gasteiger partial charge < -0.3 is 10.2 Å². The number of benzene rings is 1. The summed E-state index contributed by atoms with van der Waals surface area (Å²) < 4.78 is 14.3. The number of hydrogen-bond acceptors (Lipinski definition) is 4. The van der Waals surface area contributed by atoms with Gasteiger partial charge in [0.25, 0.3) is 5.56 Å². The van der Waals surface area contributed by atoms with E-state index in [2.05, 4.69) is 10.4 Å². The standard InChI is InChI=1S/C18H23FN4O2/c1-4-22(5-2)17-15(12-20-23(6-3)18(17)25)21-16(24)11-13-7-9-14(19)10-8-13/h7-10,12H,4-6,11H2,1-3H3,(H,21,24). The molecule has 1 aromatic heterocycles. The van der Waals surface area contributed by atoms with Gasteiger partial charge >= 0.3 is 0 Å². The van der Waals surface area contributed by atoms with Gasteiger partial charge in [-0.25, -0.2) is 9.07 Å². The molecule has 134 valence electrons. The van der Waals surface area contributed by atoms with Gasteiger partial charge in [-0.05, 0) is 38.5 Å². The van der Waals surface area contributed by atoms with Crippen molar-refractivity contribution in [3.8, 4) is 0 Å². The van der Waals surface area contributed by atoms with Gasteiger partial charge in [0, 0.05) is 19.6 Å². The molecule has 1 N–H and O–H groups in total. The lowest BCUT2D eigenvalue weighted by Crippen LogP contribution is -2.34. The highest BCUT2D eigenvalue weighted by Crippen LogP contribution is 2.20. The van der Waals surface area contributed by atoms with Gasteiger partial charge in [-0.2, -0.15) is 5.10 Å². The van der Waals surface area contributed by atoms with E-state index >= 15 is 0 Å². The van der Waals surface area contributed by atoms with E-state index in [1.165, 1.54) is 23.0 Å². The number of halogens is 1. The summed E-state index contributed by atoms with van der Waals surface area (Å²) in [6.45, 7) is 7.47. The number of amides is 1. The zero-order chi connectivity index (χ0) is 18.4. The lowest BCUT2D eigenvalue weighted by Gasteiger charge is -2.23. The number of nitrogens with zero attached hydrogens (tertiary/aromatic N) is 3. The van der Waals surface area contributed by atoms with Gasteiger partial charge in [0.05, 0.1) is 18.3 Å². The molecule has 0 aliphatic heterocycles. The summed E-state index contributed by atoms with van der Waals surface area (Å²) in [6.07, 6.45) is 1.59. The van der Waals surface area contributed by atoms with E-state index in [9.17, 15) is 14.0 Å². The third-order valence-corrected chi connectivity index (χ3v) is 3.95. The fraction of sp³-hybridized carbons (Fsp3) is 0.389. The van der Waals surface area contributed by atoms with Crippen LogP contribution in [0.2, 0.25) is 0 Å². The Bertz CT molecular complexity index is 783. The maximum absolute atomic E-state index is 13.0. The van der Waals surface area contributed by atoms with Crippen LogP contribution in [0.15, 0.2) is 35.3 Å². The summed E-state index contributed by atoms with van der Waals surface area (Å²) in [5, 5.41) is 6.86. The van der Waals surface area contributed by atoms with Gasteiger partial charge in [-0.3, -0.25) is 9.59 Å². The van der Waals surface area contributed by atoms with Crippen molar-refractivity contribution >= 4 is 17.3 Å². The van der Waals surface area contributed by atoms with Gasteiger partial charge in [0.2, 0.25) is 5.91 Å². The van der Waals surface area contributed by atoms with E-state index in [1.54, 1.807) is 12.1 Å². The minimum Gasteiger partial charge on any atom is -0.366 e. The normalized spacial score (nSPS) is 10.6. The Balaban J connectivity index is 2.28. The molecule has 1 heterocycles. The van der Waals surface area contributed by atoms with Gasteiger partial charge in [-0.1, -0.05) is 12.1 Å². The van der Waals surface area contributed by atoms with Crippen molar-refractivity contribution in [1.29, 1.82) is 0 Å². The smallest absolute Gasteiger partial charge is 0.292 e. The number of rotatable bonds is 7. The Morgan fingerprint density at radius 1 is 1.20 bits per heavy atom. The molecule has 0 spiro atoms. The molecule has 0 aliphatic carbocycles. The van der Waals surface area contributed by atoms with Crippen LogP contribution in [0.5, 0.6) is 0 Å². The Kier molecular flexibility index (Phi) is 6.27. The van der Waals surface area contributed by atoms with Crippen molar-refractivity contribution in [1.82, 2.24) is 9.78 Å². The van der Waals surface area contributed by atoms with Crippen LogP contribution in [0.25, 0.3) is 0 Å². The number of anilines is 2. The second kappa shape index (κ2) is 8.41. The molecule has 2 rings (SSSR count). The van der Waals surface area contributed by atoms with Crippen LogP contribution in [0, 0.1) is 5.82 Å². The first-order chi connectivity index (χ1) is 12.0. The SMILES string of the molecule is CCN(CC)c1c(NC(=O)Cc2ccc(F)cc2)cnn(CC)c1=O. The predicted molar refractivity (Wildman–Crippen MR) is 96.5 cm³/mol. The van der Waals surface area contributed by atoms with Crippen LogP contribution in [0.3, 0.4) is 0 Å². The van der Waals surface area contributed by atoms with Crippen LogP contribution in [-0.4, -0.2) is 28.8 Å². The van der Waals surface area contributed by atoms with E-state index < -0.39 is 0 Å². The highest BCUT2D eigenvalue weighted by molar-refractivity contribution is 5.95. The third-order valence-electron chi connectivity index (χ3n) is 3.95. The van der Waals surface area contributed by atoms with E-state index in [-0.39, 0.29) is 23.7 Å². The molecule has 1 aromatic carbocycles. The van der Waals surface area contributed by atoms with Crippen LogP contribution < -0.4 is 15.8 Å². The first-order valence-electron chi connectivity index (χ1n) is 8.39. The van der Waals surface area contributed by atoms with Crippen LogP contribution in [-0.2, 0) is 17.8 Å². The van der Waals surface area contributed by atoms with Gasteiger partial charge in [0.15, 0.2) is 0 Å². The van der Waals surface area contributed by atoms with Crippen molar-refractivity contribution < 1.29 is 9.18 Å². The summed E-state index contributed by atoms with van der Waals surface area (Å²) in [5.74, 6) is -0.629. The Morgan fingerprint density at radius 3 is 2.40 bits per heavy atom. The highest BCUT2D eigenvalue weighted by Gasteiger charge is 2.17. The molecule has 6 nitrogen and oxygen atoms in total. The van der Waals surface area contributed by atoms with E-state index in [0.29, 0.717) is 36.6 Å². The topological polar surface area (TPSA) is 67.2 Å². The molecule has 0 atom stereocenters. The summed E-state index contributed by atoms with van der Waals surface area (Å²) in [5.41, 5.74) is 1.30. The van der Waals surface area contributed by atoms with Crippen LogP contribution >= 0.6 is 0 Å². The van der Waals surface area contributed by atoms with E-state index in [4.69, 9.17) is 0 Å². The van der Waals surface area contributed by atoms with Crippen molar-refractivity contribution in [2.45, 2.75) is 33.7 Å². The summed E-state index contributed by atoms with van der Waals surface area (Å²) in [4.78, 5) is 26.8. The lowest BCUT2D eigenvalue weighted by molar-refractivity contribution is -0.115. The van der Waals surface area contributed by atoms with Gasteiger partial charge in [0.1, 0.15) is 11.5 Å². The average Bonchev–Trinajstić information content (AvgIpc) is 2.60. The number of hydrogen-bond donors (Lipinski definition) is 1. The number of carbonyl (C=O) groups is 1. The first kappa shape index (κ1) is 18.6. The number of aromatic nitrogens is 2. The Labute approximate surface area is 146 Å². The minimum absolute atomic E-state index is 0.0921. The van der Waals surface area contributed by atoms with Crippen molar-refractivity contribution in [2.24, 2.45) is 0 Å². The number of carbonyl (C=O) groups excluding carboxylic acids is 1. The highest BCUT2D eigenvalue weighted by atomic mass is 19.1. The molecule has 0 saturated carbocycles. The quantitative estimate of drug-likeness (QED) is 0.836. The Morgan fingerprint density at radius 2 is 1.84 bits per heavy atom. The average molecular weight is 346 g/mol. The molecule has 7 heteroatoms. The molecule has 1 amide bonds. The molecule has 0 radical (unpaired) electrons. The first-order valence-corrected chi connectivity index (χ1v) is 8.39. The largest absolute Gasteiger partial charge is 0.366 e. The fourth-order valence-electron chi connectivity index (χ4n) is 2.62. The zero-order valence-electron chi connectivity index (χ0n) is 14.8. The monoisotopic (exact) mass is 346 g/mol. The summed E-state index contributed by atoms with van der Waals surface area (Å²) in [6, 6.07) is 5.75. The van der Waals surface area contributed by atoms with E-state index in [1.807, 2.05) is 25.7 Å². The molecule has 2 aromatic rings. The summed E-state index contributed by atoms with van der Waals surface area (Å²) >= 11 is 0. The second-order valence-electron chi connectivity index (χ2n) is 5.55. The van der Waals surface area contributed by atoms with E-state index in [0.717, 1.165) is 0 Å². The van der Waals surface area contributed by atoms with Crippen molar-refractivity contribution in [2.75, 3.05) is 23.3 Å². The molecule has 0 fully saturated rings.